The van der Waals surface area contributed by atoms with Crippen molar-refractivity contribution in [2.45, 2.75) is 19.9 Å². The number of carbonyl (C=O) groups is 1. The maximum absolute atomic E-state index is 11.8. The van der Waals surface area contributed by atoms with Gasteiger partial charge in [0, 0.05) is 30.3 Å². The van der Waals surface area contributed by atoms with Gasteiger partial charge in [-0.3, -0.25) is 14.9 Å². The first-order valence-electron chi connectivity index (χ1n) is 5.21. The molecule has 6 nitrogen and oxygen atoms in total. The second-order valence-corrected chi connectivity index (χ2v) is 3.87. The van der Waals surface area contributed by atoms with Crippen molar-refractivity contribution in [3.05, 3.63) is 39.4 Å². The second-order valence-electron chi connectivity index (χ2n) is 3.87. The summed E-state index contributed by atoms with van der Waals surface area (Å²) in [5.41, 5.74) is 6.29. The minimum absolute atomic E-state index is 0.0962. The highest BCUT2D eigenvalue weighted by molar-refractivity contribution is 5.96. The smallest absolute Gasteiger partial charge is 0.270 e. The van der Waals surface area contributed by atoms with E-state index < -0.39 is 4.92 Å². The molecule has 0 saturated carbocycles. The van der Waals surface area contributed by atoms with Crippen LogP contribution in [0.3, 0.4) is 0 Å². The largest absolute Gasteiger partial charge is 0.348 e. The first-order chi connectivity index (χ1) is 7.95. The number of non-ortho nitro benzene ring substituents is 1. The highest BCUT2D eigenvalue weighted by atomic mass is 16.6. The van der Waals surface area contributed by atoms with E-state index >= 15 is 0 Å². The maximum Gasteiger partial charge on any atom is 0.270 e. The Hall–Kier alpha value is -1.95. The molecule has 92 valence electrons. The fraction of sp³-hybridized carbons (Fsp3) is 0.364. The first kappa shape index (κ1) is 13.1. The predicted molar refractivity (Wildman–Crippen MR) is 63.8 cm³/mol. The van der Waals surface area contributed by atoms with E-state index in [4.69, 9.17) is 5.73 Å². The topological polar surface area (TPSA) is 98.3 Å². The maximum atomic E-state index is 11.8. The number of rotatable bonds is 4. The fourth-order valence-corrected chi connectivity index (χ4v) is 1.33. The summed E-state index contributed by atoms with van der Waals surface area (Å²) in [6.07, 6.45) is 0. The summed E-state index contributed by atoms with van der Waals surface area (Å²) in [6.45, 7) is 3.82. The number of hydrogen-bond acceptors (Lipinski definition) is 4. The van der Waals surface area contributed by atoms with Crippen molar-refractivity contribution < 1.29 is 9.72 Å². The Morgan fingerprint density at radius 3 is 2.76 bits per heavy atom. The van der Waals surface area contributed by atoms with Crippen molar-refractivity contribution in [3.63, 3.8) is 0 Å². The predicted octanol–water partition coefficient (Wildman–Crippen LogP) is 0.980. The van der Waals surface area contributed by atoms with Crippen LogP contribution in [0.4, 0.5) is 5.69 Å². The molecule has 0 radical (unpaired) electrons. The minimum Gasteiger partial charge on any atom is -0.348 e. The van der Waals surface area contributed by atoms with Crippen LogP contribution in [0.15, 0.2) is 18.2 Å². The molecule has 1 rings (SSSR count). The molecule has 0 fully saturated rings. The SMILES string of the molecule is Cc1ccc([N+](=O)[O-])cc1C(=O)NC(C)CN. The van der Waals surface area contributed by atoms with Gasteiger partial charge >= 0.3 is 0 Å². The molecule has 1 unspecified atom stereocenters. The van der Waals surface area contributed by atoms with Crippen LogP contribution in [0.25, 0.3) is 0 Å². The summed E-state index contributed by atoms with van der Waals surface area (Å²) in [6, 6.07) is 4.04. The molecule has 17 heavy (non-hydrogen) atoms. The molecule has 0 saturated heterocycles. The lowest BCUT2D eigenvalue weighted by atomic mass is 10.1. The van der Waals surface area contributed by atoms with Gasteiger partial charge in [0.2, 0.25) is 0 Å². The van der Waals surface area contributed by atoms with E-state index in [9.17, 15) is 14.9 Å². The number of aryl methyl sites for hydroxylation is 1. The van der Waals surface area contributed by atoms with E-state index in [1.165, 1.54) is 12.1 Å². The van der Waals surface area contributed by atoms with Gasteiger partial charge in [0.25, 0.3) is 11.6 Å². The molecule has 1 aromatic carbocycles. The lowest BCUT2D eigenvalue weighted by molar-refractivity contribution is -0.384. The highest BCUT2D eigenvalue weighted by Gasteiger charge is 2.15. The third kappa shape index (κ3) is 3.25. The van der Waals surface area contributed by atoms with Crippen LogP contribution in [0.2, 0.25) is 0 Å². The molecular formula is C11H15N3O3. The quantitative estimate of drug-likeness (QED) is 0.602. The van der Waals surface area contributed by atoms with Gasteiger partial charge in [0.05, 0.1) is 4.92 Å². The summed E-state index contributed by atoms with van der Waals surface area (Å²) in [5.74, 6) is -0.343. The molecule has 1 atom stereocenters. The number of benzene rings is 1. The van der Waals surface area contributed by atoms with Gasteiger partial charge in [0.1, 0.15) is 0 Å². The molecule has 3 N–H and O–H groups in total. The van der Waals surface area contributed by atoms with Crippen LogP contribution in [0, 0.1) is 17.0 Å². The van der Waals surface area contributed by atoms with Crippen LogP contribution in [-0.2, 0) is 0 Å². The lowest BCUT2D eigenvalue weighted by Crippen LogP contribution is -2.38. The Labute approximate surface area is 99.0 Å². The van der Waals surface area contributed by atoms with Crippen LogP contribution < -0.4 is 11.1 Å². The van der Waals surface area contributed by atoms with E-state index in [1.54, 1.807) is 19.9 Å². The van der Waals surface area contributed by atoms with Gasteiger partial charge in [-0.05, 0) is 19.4 Å². The van der Waals surface area contributed by atoms with Crippen LogP contribution in [-0.4, -0.2) is 23.4 Å². The number of nitrogens with one attached hydrogen (secondary N) is 1. The monoisotopic (exact) mass is 237 g/mol. The normalized spacial score (nSPS) is 11.9. The summed E-state index contributed by atoms with van der Waals surface area (Å²) in [5, 5.41) is 13.3. The third-order valence-corrected chi connectivity index (χ3v) is 2.41. The van der Waals surface area contributed by atoms with Gasteiger partial charge < -0.3 is 11.1 Å². The Balaban J connectivity index is 3.00. The van der Waals surface area contributed by atoms with Gasteiger partial charge in [-0.2, -0.15) is 0 Å². The van der Waals surface area contributed by atoms with Crippen molar-refractivity contribution in [2.24, 2.45) is 5.73 Å². The van der Waals surface area contributed by atoms with Gasteiger partial charge in [-0.1, -0.05) is 6.07 Å². The summed E-state index contributed by atoms with van der Waals surface area (Å²) < 4.78 is 0. The van der Waals surface area contributed by atoms with E-state index in [2.05, 4.69) is 5.32 Å². The fourth-order valence-electron chi connectivity index (χ4n) is 1.33. The number of amides is 1. The number of nitrogens with two attached hydrogens (primary N) is 1. The summed E-state index contributed by atoms with van der Waals surface area (Å²) in [7, 11) is 0. The van der Waals surface area contributed by atoms with Gasteiger partial charge in [-0.25, -0.2) is 0 Å². The number of nitrogens with zero attached hydrogens (tertiary/aromatic N) is 1. The van der Waals surface area contributed by atoms with E-state index in [-0.39, 0.29) is 17.6 Å². The van der Waals surface area contributed by atoms with E-state index in [0.29, 0.717) is 17.7 Å². The molecule has 0 aliphatic rings. The van der Waals surface area contributed by atoms with Gasteiger partial charge in [0.15, 0.2) is 0 Å². The molecule has 0 bridgehead atoms. The standard InChI is InChI=1S/C11H15N3O3/c1-7-3-4-9(14(16)17)5-10(7)11(15)13-8(2)6-12/h3-5,8H,6,12H2,1-2H3,(H,13,15). The van der Waals surface area contributed by atoms with E-state index in [1.807, 2.05) is 0 Å². The molecule has 6 heteroatoms. The second kappa shape index (κ2) is 5.40. The third-order valence-electron chi connectivity index (χ3n) is 2.41. The average molecular weight is 237 g/mol. The zero-order valence-electron chi connectivity index (χ0n) is 9.77. The molecule has 0 aliphatic heterocycles. The molecule has 0 heterocycles. The Kier molecular flexibility index (Phi) is 4.17. The average Bonchev–Trinajstić information content (AvgIpc) is 2.28. The minimum atomic E-state index is -0.525. The Bertz CT molecular complexity index is 446. The van der Waals surface area contributed by atoms with Crippen molar-refractivity contribution in [2.75, 3.05) is 6.54 Å². The van der Waals surface area contributed by atoms with Crippen molar-refractivity contribution in [1.29, 1.82) is 0 Å². The van der Waals surface area contributed by atoms with Crippen molar-refractivity contribution >= 4 is 11.6 Å². The molecule has 0 aromatic heterocycles. The molecule has 0 spiro atoms. The zero-order chi connectivity index (χ0) is 13.0. The van der Waals surface area contributed by atoms with Crippen LogP contribution in [0.1, 0.15) is 22.8 Å². The number of hydrogen-bond donors (Lipinski definition) is 2. The molecule has 1 aromatic rings. The summed E-state index contributed by atoms with van der Waals surface area (Å²) >= 11 is 0. The van der Waals surface area contributed by atoms with Crippen molar-refractivity contribution in [1.82, 2.24) is 5.32 Å². The number of carbonyl (C=O) groups excluding carboxylic acids is 1. The van der Waals surface area contributed by atoms with Gasteiger partial charge in [-0.15, -0.1) is 0 Å². The number of nitro benzene ring substituents is 1. The summed E-state index contributed by atoms with van der Waals surface area (Å²) in [4.78, 5) is 21.9. The zero-order valence-corrected chi connectivity index (χ0v) is 9.77. The molecule has 1 amide bonds. The number of nitro groups is 1. The molecular weight excluding hydrogens is 222 g/mol. The highest BCUT2D eigenvalue weighted by Crippen LogP contribution is 2.17. The van der Waals surface area contributed by atoms with Crippen molar-refractivity contribution in [3.8, 4) is 0 Å². The first-order valence-corrected chi connectivity index (χ1v) is 5.21. The molecule has 0 aliphatic carbocycles. The Morgan fingerprint density at radius 1 is 1.59 bits per heavy atom. The Morgan fingerprint density at radius 2 is 2.24 bits per heavy atom. The van der Waals surface area contributed by atoms with E-state index in [0.717, 1.165) is 0 Å². The van der Waals surface area contributed by atoms with Crippen LogP contribution in [0.5, 0.6) is 0 Å². The lowest BCUT2D eigenvalue weighted by Gasteiger charge is -2.12. The van der Waals surface area contributed by atoms with Crippen LogP contribution >= 0.6 is 0 Å².